The molecule has 0 atom stereocenters. The van der Waals surface area contributed by atoms with Crippen LogP contribution >= 0.6 is 0 Å². The molecule has 0 aliphatic rings. The molecular formula is C16H18BFO3. The Morgan fingerprint density at radius 2 is 1.67 bits per heavy atom. The molecule has 0 aromatic heterocycles. The van der Waals surface area contributed by atoms with Crippen LogP contribution < -0.4 is 10.2 Å². The van der Waals surface area contributed by atoms with Crippen molar-refractivity contribution in [2.24, 2.45) is 0 Å². The van der Waals surface area contributed by atoms with E-state index in [1.54, 1.807) is 0 Å². The molecule has 21 heavy (non-hydrogen) atoms. The van der Waals surface area contributed by atoms with Crippen LogP contribution in [0.25, 0.3) is 0 Å². The van der Waals surface area contributed by atoms with E-state index in [-0.39, 0.29) is 5.46 Å². The first-order valence-corrected chi connectivity index (χ1v) is 6.73. The maximum absolute atomic E-state index is 13.6. The van der Waals surface area contributed by atoms with Crippen LogP contribution in [0.2, 0.25) is 0 Å². The summed E-state index contributed by atoms with van der Waals surface area (Å²) in [6, 6.07) is 8.16. The van der Waals surface area contributed by atoms with Gasteiger partial charge in [0.1, 0.15) is 18.2 Å². The van der Waals surface area contributed by atoms with Crippen molar-refractivity contribution in [3.63, 3.8) is 0 Å². The van der Waals surface area contributed by atoms with Gasteiger partial charge in [-0.05, 0) is 43.5 Å². The summed E-state index contributed by atoms with van der Waals surface area (Å²) in [5.74, 6) is -0.337. The molecule has 110 valence electrons. The van der Waals surface area contributed by atoms with Gasteiger partial charge in [-0.1, -0.05) is 23.8 Å². The third-order valence-electron chi connectivity index (χ3n) is 3.47. The molecule has 0 spiro atoms. The minimum atomic E-state index is -1.82. The van der Waals surface area contributed by atoms with Gasteiger partial charge >= 0.3 is 7.12 Å². The second-order valence-electron chi connectivity index (χ2n) is 5.22. The van der Waals surface area contributed by atoms with E-state index in [4.69, 9.17) is 14.8 Å². The molecule has 0 aliphatic carbocycles. The topological polar surface area (TPSA) is 49.7 Å². The first-order valence-electron chi connectivity index (χ1n) is 6.73. The van der Waals surface area contributed by atoms with E-state index in [1.807, 2.05) is 20.8 Å². The highest BCUT2D eigenvalue weighted by atomic mass is 19.1. The number of rotatable bonds is 4. The summed E-state index contributed by atoms with van der Waals surface area (Å²) in [5.41, 5.74) is 4.38. The van der Waals surface area contributed by atoms with Crippen LogP contribution in [0.4, 0.5) is 4.39 Å². The van der Waals surface area contributed by atoms with Crippen LogP contribution in [0, 0.1) is 26.6 Å². The minimum absolute atomic E-state index is 0.162. The molecule has 0 bridgehead atoms. The lowest BCUT2D eigenvalue weighted by molar-refractivity contribution is 0.303. The number of halogens is 1. The van der Waals surface area contributed by atoms with Gasteiger partial charge in [-0.2, -0.15) is 0 Å². The Morgan fingerprint density at radius 3 is 2.19 bits per heavy atom. The minimum Gasteiger partial charge on any atom is -0.489 e. The van der Waals surface area contributed by atoms with Gasteiger partial charge in [0.15, 0.2) is 0 Å². The first kappa shape index (κ1) is 15.5. The van der Waals surface area contributed by atoms with Gasteiger partial charge in [0.05, 0.1) is 0 Å². The molecule has 2 aromatic carbocycles. The second-order valence-corrected chi connectivity index (χ2v) is 5.22. The van der Waals surface area contributed by atoms with Gasteiger partial charge in [0, 0.05) is 11.5 Å². The fraction of sp³-hybridized carbons (Fsp3) is 0.250. The van der Waals surface area contributed by atoms with E-state index >= 15 is 0 Å². The van der Waals surface area contributed by atoms with Crippen LogP contribution in [0.5, 0.6) is 5.75 Å². The summed E-state index contributed by atoms with van der Waals surface area (Å²) in [5, 5.41) is 18.0. The zero-order chi connectivity index (χ0) is 15.6. The molecule has 0 heterocycles. The van der Waals surface area contributed by atoms with Crippen molar-refractivity contribution in [3.8, 4) is 5.75 Å². The maximum atomic E-state index is 13.6. The summed E-state index contributed by atoms with van der Waals surface area (Å²) < 4.78 is 19.2. The third-order valence-corrected chi connectivity index (χ3v) is 3.47. The Kier molecular flexibility index (Phi) is 4.65. The molecule has 2 N–H and O–H groups in total. The molecule has 2 aromatic rings. The molecule has 2 rings (SSSR count). The summed E-state index contributed by atoms with van der Waals surface area (Å²) >= 11 is 0. The van der Waals surface area contributed by atoms with Crippen LogP contribution in [0.15, 0.2) is 30.3 Å². The van der Waals surface area contributed by atoms with E-state index < -0.39 is 12.9 Å². The Bertz CT molecular complexity index is 633. The monoisotopic (exact) mass is 288 g/mol. The highest BCUT2D eigenvalue weighted by molar-refractivity contribution is 6.58. The number of ether oxygens (including phenoxy) is 1. The average molecular weight is 288 g/mol. The van der Waals surface area contributed by atoms with E-state index in [0.29, 0.717) is 12.4 Å². The summed E-state index contributed by atoms with van der Waals surface area (Å²) in [4.78, 5) is 0. The average Bonchev–Trinajstić information content (AvgIpc) is 2.36. The van der Waals surface area contributed by atoms with Crippen molar-refractivity contribution in [1.29, 1.82) is 0 Å². The van der Waals surface area contributed by atoms with Crippen molar-refractivity contribution in [3.05, 3.63) is 58.4 Å². The van der Waals surface area contributed by atoms with Crippen LogP contribution in [0.3, 0.4) is 0 Å². The summed E-state index contributed by atoms with van der Waals surface area (Å²) in [6.07, 6.45) is 0. The van der Waals surface area contributed by atoms with E-state index in [1.165, 1.54) is 17.7 Å². The molecular weight excluding hydrogens is 270 g/mol. The maximum Gasteiger partial charge on any atom is 0.491 e. The standard InChI is InChI=1S/C16H18BFO3/c1-10-6-11(2)14(12(3)7-10)9-21-13-4-5-15(17(19)20)16(18)8-13/h4-8,19-20H,9H2,1-3H3. The van der Waals surface area contributed by atoms with E-state index in [0.717, 1.165) is 22.8 Å². The molecule has 0 fully saturated rings. The summed E-state index contributed by atoms with van der Waals surface area (Å²) in [6.45, 7) is 6.42. The van der Waals surface area contributed by atoms with Crippen LogP contribution in [0.1, 0.15) is 22.3 Å². The Morgan fingerprint density at radius 1 is 1.05 bits per heavy atom. The van der Waals surface area contributed by atoms with Crippen molar-refractivity contribution in [1.82, 2.24) is 0 Å². The Labute approximate surface area is 124 Å². The normalized spacial score (nSPS) is 10.6. The van der Waals surface area contributed by atoms with Crippen LogP contribution in [-0.2, 0) is 6.61 Å². The van der Waals surface area contributed by atoms with Gasteiger partial charge in [-0.3, -0.25) is 0 Å². The largest absolute Gasteiger partial charge is 0.491 e. The van der Waals surface area contributed by atoms with Crippen molar-refractivity contribution in [2.75, 3.05) is 0 Å². The van der Waals surface area contributed by atoms with Gasteiger partial charge < -0.3 is 14.8 Å². The van der Waals surface area contributed by atoms with Gasteiger partial charge in [-0.25, -0.2) is 4.39 Å². The van der Waals surface area contributed by atoms with E-state index in [2.05, 4.69) is 12.1 Å². The second kappa shape index (κ2) is 6.29. The Hall–Kier alpha value is -1.85. The predicted molar refractivity (Wildman–Crippen MR) is 81.2 cm³/mol. The van der Waals surface area contributed by atoms with E-state index in [9.17, 15) is 4.39 Å². The molecule has 0 radical (unpaired) electrons. The van der Waals surface area contributed by atoms with Gasteiger partial charge in [0.25, 0.3) is 0 Å². The summed E-state index contributed by atoms with van der Waals surface area (Å²) in [7, 11) is -1.82. The van der Waals surface area contributed by atoms with Crippen molar-refractivity contribution in [2.45, 2.75) is 27.4 Å². The lowest BCUT2D eigenvalue weighted by Gasteiger charge is -2.13. The molecule has 0 unspecified atom stereocenters. The van der Waals surface area contributed by atoms with Gasteiger partial charge in [-0.15, -0.1) is 0 Å². The number of aryl methyl sites for hydroxylation is 3. The quantitative estimate of drug-likeness (QED) is 0.846. The Balaban J connectivity index is 2.16. The number of hydrogen-bond acceptors (Lipinski definition) is 3. The molecule has 3 nitrogen and oxygen atoms in total. The molecule has 0 saturated carbocycles. The zero-order valence-corrected chi connectivity index (χ0v) is 12.4. The highest BCUT2D eigenvalue weighted by Gasteiger charge is 2.16. The molecule has 0 amide bonds. The lowest BCUT2D eigenvalue weighted by Crippen LogP contribution is -2.32. The van der Waals surface area contributed by atoms with Crippen molar-refractivity contribution >= 4 is 12.6 Å². The predicted octanol–water partition coefficient (Wildman–Crippen LogP) is 2.01. The zero-order valence-electron chi connectivity index (χ0n) is 12.4. The van der Waals surface area contributed by atoms with Crippen molar-refractivity contribution < 1.29 is 19.2 Å². The smallest absolute Gasteiger partial charge is 0.489 e. The number of benzene rings is 2. The fourth-order valence-corrected chi connectivity index (χ4v) is 2.40. The third kappa shape index (κ3) is 3.62. The fourth-order valence-electron chi connectivity index (χ4n) is 2.40. The number of hydrogen-bond donors (Lipinski definition) is 2. The molecule has 0 saturated heterocycles. The van der Waals surface area contributed by atoms with Gasteiger partial charge in [0.2, 0.25) is 0 Å². The van der Waals surface area contributed by atoms with Crippen LogP contribution in [-0.4, -0.2) is 17.2 Å². The lowest BCUT2D eigenvalue weighted by atomic mass is 9.80. The highest BCUT2D eigenvalue weighted by Crippen LogP contribution is 2.19. The molecule has 5 heteroatoms. The SMILES string of the molecule is Cc1cc(C)c(COc2ccc(B(O)O)c(F)c2)c(C)c1. The molecule has 0 aliphatic heterocycles. The first-order chi connectivity index (χ1) is 9.88.